The van der Waals surface area contributed by atoms with Gasteiger partial charge in [-0.05, 0) is 59.9 Å². The van der Waals surface area contributed by atoms with Crippen LogP contribution in [0.25, 0.3) is 0 Å². The zero-order valence-corrected chi connectivity index (χ0v) is 22.5. The number of urea groups is 1. The largest absolute Gasteiger partial charge is 0.366 e. The van der Waals surface area contributed by atoms with Crippen LogP contribution in [0.5, 0.6) is 0 Å². The van der Waals surface area contributed by atoms with Crippen LogP contribution in [0.1, 0.15) is 57.0 Å². The molecule has 1 aliphatic heterocycles. The van der Waals surface area contributed by atoms with Gasteiger partial charge in [-0.25, -0.2) is 4.79 Å². The topological polar surface area (TPSA) is 96.6 Å². The lowest BCUT2D eigenvalue weighted by molar-refractivity contribution is -0.125. The number of carbonyl (C=O) groups is 2. The van der Waals surface area contributed by atoms with Crippen molar-refractivity contribution in [2.45, 2.75) is 58.3 Å². The van der Waals surface area contributed by atoms with E-state index in [-0.39, 0.29) is 24.0 Å². The van der Waals surface area contributed by atoms with E-state index >= 15 is 0 Å². The van der Waals surface area contributed by atoms with Gasteiger partial charge in [0.15, 0.2) is 5.82 Å². The molecule has 3 amide bonds. The van der Waals surface area contributed by atoms with E-state index in [0.717, 1.165) is 29.1 Å². The molecule has 3 rings (SSSR count). The number of nitrogens with one attached hydrogen (secondary N) is 3. The highest BCUT2D eigenvalue weighted by atomic mass is 16.2. The van der Waals surface area contributed by atoms with Crippen molar-refractivity contribution < 1.29 is 9.59 Å². The van der Waals surface area contributed by atoms with E-state index < -0.39 is 5.54 Å². The van der Waals surface area contributed by atoms with E-state index in [4.69, 9.17) is 0 Å². The summed E-state index contributed by atoms with van der Waals surface area (Å²) in [5, 5.41) is 14.4. The molecule has 9 heteroatoms. The summed E-state index contributed by atoms with van der Waals surface area (Å²) in [6.45, 7) is 14.1. The molecule has 1 unspecified atom stereocenters. The number of amides is 3. The van der Waals surface area contributed by atoms with E-state index in [2.05, 4.69) is 39.2 Å². The molecule has 36 heavy (non-hydrogen) atoms. The molecule has 1 aromatic heterocycles. The van der Waals surface area contributed by atoms with Gasteiger partial charge >= 0.3 is 6.03 Å². The van der Waals surface area contributed by atoms with E-state index in [1.807, 2.05) is 70.1 Å². The maximum Gasteiger partial charge on any atom is 0.319 e. The van der Waals surface area contributed by atoms with Crippen molar-refractivity contribution >= 4 is 17.8 Å². The number of hydrogen-bond donors (Lipinski definition) is 3. The average molecular weight is 496 g/mol. The Hall–Kier alpha value is -3.33. The molecule has 3 N–H and O–H groups in total. The van der Waals surface area contributed by atoms with Crippen LogP contribution in [0.4, 0.5) is 10.6 Å². The average Bonchev–Trinajstić information content (AvgIpc) is 3.36. The molecule has 0 bridgehead atoms. The molecular formula is C27H41N7O2. The van der Waals surface area contributed by atoms with Gasteiger partial charge in [-0.3, -0.25) is 9.89 Å². The third-order valence-electron chi connectivity index (χ3n) is 6.85. The lowest BCUT2D eigenvalue weighted by Crippen LogP contribution is -2.48. The van der Waals surface area contributed by atoms with Crippen molar-refractivity contribution in [3.63, 3.8) is 0 Å². The molecule has 196 valence electrons. The third-order valence-corrected chi connectivity index (χ3v) is 6.85. The fourth-order valence-corrected chi connectivity index (χ4v) is 4.68. The standard InChI is InChI=1S/C27H41N7O2/c1-8-23(35)33(9-2)16-15-19(3)28-25-21-17-34(27(4,5)24(21)30-31-25)26(36)29-22(18-32(6)7)20-13-11-10-12-14-20/h8,10-14,19,22H,1,9,15-18H2,2-7H3,(H,29,36)(H2,28,30,31)/t19?,22-/m1/s1. The molecule has 1 aromatic carbocycles. The molecule has 0 saturated heterocycles. The Kier molecular flexibility index (Phi) is 8.79. The summed E-state index contributed by atoms with van der Waals surface area (Å²) in [6, 6.07) is 9.91. The predicted molar refractivity (Wildman–Crippen MR) is 144 cm³/mol. The summed E-state index contributed by atoms with van der Waals surface area (Å²) >= 11 is 0. The van der Waals surface area contributed by atoms with Crippen molar-refractivity contribution in [1.82, 2.24) is 30.2 Å². The minimum atomic E-state index is -0.537. The summed E-state index contributed by atoms with van der Waals surface area (Å²) in [5.74, 6) is 0.698. The van der Waals surface area contributed by atoms with Gasteiger partial charge in [-0.2, -0.15) is 5.10 Å². The van der Waals surface area contributed by atoms with E-state index in [0.29, 0.717) is 26.2 Å². The van der Waals surface area contributed by atoms with E-state index in [1.165, 1.54) is 6.08 Å². The molecule has 2 aromatic rings. The summed E-state index contributed by atoms with van der Waals surface area (Å²) in [7, 11) is 4.01. The number of likely N-dealkylation sites (N-methyl/N-ethyl adjacent to an activating group) is 2. The fourth-order valence-electron chi connectivity index (χ4n) is 4.68. The summed E-state index contributed by atoms with van der Waals surface area (Å²) < 4.78 is 0. The Morgan fingerprint density at radius 3 is 2.58 bits per heavy atom. The van der Waals surface area contributed by atoms with Crippen LogP contribution >= 0.6 is 0 Å². The molecule has 0 saturated carbocycles. The molecule has 9 nitrogen and oxygen atoms in total. The number of anilines is 1. The SMILES string of the molecule is C=CC(=O)N(CC)CCC(C)Nc1n[nH]c2c1CN(C(=O)N[C@H](CN(C)C)c1ccccc1)C2(C)C. The van der Waals surface area contributed by atoms with Crippen molar-refractivity contribution in [1.29, 1.82) is 0 Å². The lowest BCUT2D eigenvalue weighted by atomic mass is 10.0. The van der Waals surface area contributed by atoms with E-state index in [1.54, 1.807) is 4.90 Å². The molecule has 2 heterocycles. The maximum absolute atomic E-state index is 13.5. The number of nitrogens with zero attached hydrogens (tertiary/aromatic N) is 4. The first-order chi connectivity index (χ1) is 17.1. The third kappa shape index (κ3) is 6.07. The molecule has 1 aliphatic rings. The second-order valence-electron chi connectivity index (χ2n) is 10.2. The number of aromatic amines is 1. The van der Waals surface area contributed by atoms with Gasteiger partial charge in [-0.1, -0.05) is 36.9 Å². The van der Waals surface area contributed by atoms with Gasteiger partial charge in [0.05, 0.1) is 23.8 Å². The Balaban J connectivity index is 1.69. The summed E-state index contributed by atoms with van der Waals surface area (Å²) in [5.41, 5.74) is 2.47. The number of hydrogen-bond acceptors (Lipinski definition) is 5. The number of carbonyl (C=O) groups excluding carboxylic acids is 2. The van der Waals surface area contributed by atoms with Gasteiger partial charge in [-0.15, -0.1) is 0 Å². The minimum absolute atomic E-state index is 0.0585. The van der Waals surface area contributed by atoms with Crippen LogP contribution in [0, 0.1) is 0 Å². The van der Waals surface area contributed by atoms with Crippen molar-refractivity contribution in [3.8, 4) is 0 Å². The van der Waals surface area contributed by atoms with Crippen molar-refractivity contribution in [3.05, 3.63) is 59.8 Å². The number of benzene rings is 1. The Morgan fingerprint density at radius 2 is 1.97 bits per heavy atom. The van der Waals surface area contributed by atoms with Gasteiger partial charge < -0.3 is 25.3 Å². The molecular weight excluding hydrogens is 454 g/mol. The second kappa shape index (κ2) is 11.6. The second-order valence-corrected chi connectivity index (χ2v) is 10.2. The lowest BCUT2D eigenvalue weighted by Gasteiger charge is -2.34. The number of fused-ring (bicyclic) bond motifs is 1. The normalized spacial score (nSPS) is 15.8. The molecule has 0 spiro atoms. The monoisotopic (exact) mass is 495 g/mol. The van der Waals surface area contributed by atoms with Crippen LogP contribution in [0.2, 0.25) is 0 Å². The quantitative estimate of drug-likeness (QED) is 0.413. The highest BCUT2D eigenvalue weighted by Gasteiger charge is 2.44. The Bertz CT molecular complexity index is 1050. The molecule has 0 fully saturated rings. The molecule has 0 radical (unpaired) electrons. The fraction of sp³-hybridized carbons (Fsp3) is 0.519. The van der Waals surface area contributed by atoms with Crippen molar-refractivity contribution in [2.75, 3.05) is 39.0 Å². The van der Waals surface area contributed by atoms with Crippen LogP contribution in [0.3, 0.4) is 0 Å². The minimum Gasteiger partial charge on any atom is -0.366 e. The smallest absolute Gasteiger partial charge is 0.319 e. The first-order valence-electron chi connectivity index (χ1n) is 12.6. The molecule has 2 atom stereocenters. The number of aromatic nitrogens is 2. The Labute approximate surface area is 214 Å². The van der Waals surface area contributed by atoms with Crippen molar-refractivity contribution in [2.24, 2.45) is 0 Å². The van der Waals surface area contributed by atoms with E-state index in [9.17, 15) is 9.59 Å². The van der Waals surface area contributed by atoms with Gasteiger partial charge in [0.2, 0.25) is 5.91 Å². The first kappa shape index (κ1) is 27.3. The zero-order chi connectivity index (χ0) is 26.5. The summed E-state index contributed by atoms with van der Waals surface area (Å²) in [4.78, 5) is 31.2. The van der Waals surface area contributed by atoms with Gasteiger partial charge in [0.25, 0.3) is 0 Å². The zero-order valence-electron chi connectivity index (χ0n) is 22.5. The van der Waals surface area contributed by atoms with Gasteiger partial charge in [0.1, 0.15) is 0 Å². The highest BCUT2D eigenvalue weighted by Crippen LogP contribution is 2.40. The highest BCUT2D eigenvalue weighted by molar-refractivity contribution is 5.86. The van der Waals surface area contributed by atoms with Gasteiger partial charge in [0, 0.05) is 31.2 Å². The maximum atomic E-state index is 13.5. The Morgan fingerprint density at radius 1 is 1.28 bits per heavy atom. The van der Waals surface area contributed by atoms with Crippen LogP contribution in [-0.4, -0.2) is 76.6 Å². The number of H-pyrrole nitrogens is 1. The molecule has 0 aliphatic carbocycles. The van der Waals surface area contributed by atoms with Crippen LogP contribution in [-0.2, 0) is 16.9 Å². The number of rotatable bonds is 11. The van der Waals surface area contributed by atoms with Crippen LogP contribution < -0.4 is 10.6 Å². The first-order valence-corrected chi connectivity index (χ1v) is 12.6. The summed E-state index contributed by atoms with van der Waals surface area (Å²) in [6.07, 6.45) is 2.12. The van der Waals surface area contributed by atoms with Crippen LogP contribution in [0.15, 0.2) is 43.0 Å². The predicted octanol–water partition coefficient (Wildman–Crippen LogP) is 3.70.